The van der Waals surface area contributed by atoms with Gasteiger partial charge < -0.3 is 9.80 Å². The second kappa shape index (κ2) is 9.73. The van der Waals surface area contributed by atoms with Crippen molar-refractivity contribution in [2.24, 2.45) is 0 Å². The highest BCUT2D eigenvalue weighted by molar-refractivity contribution is 6.42. The van der Waals surface area contributed by atoms with Crippen molar-refractivity contribution in [3.8, 4) is 0 Å². The molecule has 3 rings (SSSR count). The molecule has 0 saturated heterocycles. The first-order chi connectivity index (χ1) is 14.2. The van der Waals surface area contributed by atoms with E-state index in [1.807, 2.05) is 45.0 Å². The number of rotatable bonds is 8. The maximum Gasteiger partial charge on any atom is 0.252 e. The number of carbonyl (C=O) groups excluding carboxylic acids is 1. The third kappa shape index (κ3) is 5.68. The molecule has 3 aromatic rings. The molecule has 0 N–H and O–H groups in total. The Morgan fingerprint density at radius 3 is 2.53 bits per heavy atom. The Labute approximate surface area is 186 Å². The van der Waals surface area contributed by atoms with Gasteiger partial charge in [-0.2, -0.15) is 4.98 Å². The van der Waals surface area contributed by atoms with Crippen molar-refractivity contribution >= 4 is 34.9 Å². The largest absolute Gasteiger partial charge is 0.338 e. The SMILES string of the molecule is Cc1cc(C)n2nc(CC(=O)N(CCCN(C)C)Cc3ccc(Cl)c(Cl)c3)nc2n1. The molecule has 0 saturated carbocycles. The molecule has 0 aliphatic rings. The molecule has 1 amide bonds. The minimum absolute atomic E-state index is 0.0369. The molecule has 160 valence electrons. The first-order valence-electron chi connectivity index (χ1n) is 9.79. The summed E-state index contributed by atoms with van der Waals surface area (Å²) in [5.41, 5.74) is 2.73. The van der Waals surface area contributed by atoms with Gasteiger partial charge in [0.25, 0.3) is 5.78 Å². The van der Waals surface area contributed by atoms with E-state index < -0.39 is 0 Å². The third-order valence-electron chi connectivity index (χ3n) is 4.71. The molecule has 7 nitrogen and oxygen atoms in total. The third-order valence-corrected chi connectivity index (χ3v) is 5.45. The minimum atomic E-state index is -0.0369. The number of benzene rings is 1. The maximum absolute atomic E-state index is 13.1. The van der Waals surface area contributed by atoms with Gasteiger partial charge in [0, 0.05) is 24.5 Å². The fraction of sp³-hybridized carbons (Fsp3) is 0.429. The molecule has 0 unspecified atom stereocenters. The van der Waals surface area contributed by atoms with Crippen LogP contribution in [0.25, 0.3) is 5.78 Å². The predicted molar refractivity (Wildman–Crippen MR) is 119 cm³/mol. The number of hydrogen-bond donors (Lipinski definition) is 0. The van der Waals surface area contributed by atoms with Crippen LogP contribution in [0.4, 0.5) is 0 Å². The molecule has 9 heteroatoms. The van der Waals surface area contributed by atoms with Gasteiger partial charge in [0.05, 0.1) is 16.5 Å². The van der Waals surface area contributed by atoms with Crippen LogP contribution in [0.5, 0.6) is 0 Å². The van der Waals surface area contributed by atoms with Gasteiger partial charge in [-0.1, -0.05) is 29.3 Å². The molecule has 0 fully saturated rings. The second-order valence-corrected chi connectivity index (χ2v) is 8.49. The molecule has 0 atom stereocenters. The van der Waals surface area contributed by atoms with E-state index in [1.165, 1.54) is 0 Å². The molecular formula is C21H26Cl2N6O. The normalized spacial score (nSPS) is 11.4. The summed E-state index contributed by atoms with van der Waals surface area (Å²) in [7, 11) is 4.03. The number of amides is 1. The van der Waals surface area contributed by atoms with E-state index in [2.05, 4.69) is 20.0 Å². The Morgan fingerprint density at radius 2 is 1.83 bits per heavy atom. The average Bonchev–Trinajstić information content (AvgIpc) is 3.06. The average molecular weight is 449 g/mol. The predicted octanol–water partition coefficient (Wildman–Crippen LogP) is 3.57. The topological polar surface area (TPSA) is 66.6 Å². The standard InChI is InChI=1S/C21H26Cl2N6O/c1-14-10-15(2)29-21(24-14)25-19(26-29)12-20(30)28(9-5-8-27(3)4)13-16-6-7-17(22)18(23)11-16/h6-7,10-11H,5,8-9,12-13H2,1-4H3. The van der Waals surface area contributed by atoms with Crippen molar-refractivity contribution in [3.05, 3.63) is 57.1 Å². The Bertz CT molecular complexity index is 1050. The minimum Gasteiger partial charge on any atom is -0.338 e. The highest BCUT2D eigenvalue weighted by Gasteiger charge is 2.18. The number of carbonyl (C=O) groups is 1. The van der Waals surface area contributed by atoms with Crippen LogP contribution in [-0.2, 0) is 17.8 Å². The Balaban J connectivity index is 1.78. The zero-order valence-corrected chi connectivity index (χ0v) is 19.2. The maximum atomic E-state index is 13.1. The number of nitrogens with zero attached hydrogens (tertiary/aromatic N) is 6. The van der Waals surface area contributed by atoms with E-state index >= 15 is 0 Å². The zero-order chi connectivity index (χ0) is 21.8. The molecule has 2 heterocycles. The first kappa shape index (κ1) is 22.5. The zero-order valence-electron chi connectivity index (χ0n) is 17.7. The summed E-state index contributed by atoms with van der Waals surface area (Å²) in [6, 6.07) is 7.38. The van der Waals surface area contributed by atoms with Gasteiger partial charge in [0.2, 0.25) is 5.91 Å². The molecular weight excluding hydrogens is 423 g/mol. The fourth-order valence-electron chi connectivity index (χ4n) is 3.26. The van der Waals surface area contributed by atoms with E-state index in [4.69, 9.17) is 23.2 Å². The molecule has 2 aromatic heterocycles. The van der Waals surface area contributed by atoms with Crippen LogP contribution >= 0.6 is 23.2 Å². The van der Waals surface area contributed by atoms with E-state index in [1.54, 1.807) is 16.6 Å². The van der Waals surface area contributed by atoms with Gasteiger partial charge in [0.1, 0.15) is 0 Å². The van der Waals surface area contributed by atoms with Crippen molar-refractivity contribution in [1.82, 2.24) is 29.4 Å². The van der Waals surface area contributed by atoms with Crippen LogP contribution in [-0.4, -0.2) is 62.5 Å². The number of aryl methyl sites for hydroxylation is 2. The molecule has 30 heavy (non-hydrogen) atoms. The summed E-state index contributed by atoms with van der Waals surface area (Å²) in [4.78, 5) is 25.9. The molecule has 0 bridgehead atoms. The Kier molecular flexibility index (Phi) is 7.28. The molecule has 0 aliphatic heterocycles. The van der Waals surface area contributed by atoms with Crippen molar-refractivity contribution in [1.29, 1.82) is 0 Å². The summed E-state index contributed by atoms with van der Waals surface area (Å²) in [6.45, 7) is 5.82. The summed E-state index contributed by atoms with van der Waals surface area (Å²) < 4.78 is 1.67. The fourth-order valence-corrected chi connectivity index (χ4v) is 3.58. The second-order valence-electron chi connectivity index (χ2n) is 7.68. The summed E-state index contributed by atoms with van der Waals surface area (Å²) in [6.07, 6.45) is 0.976. The monoisotopic (exact) mass is 448 g/mol. The highest BCUT2D eigenvalue weighted by atomic mass is 35.5. The molecule has 0 radical (unpaired) electrons. The number of halogens is 2. The molecule has 1 aromatic carbocycles. The Hall–Kier alpha value is -2.22. The lowest BCUT2D eigenvalue weighted by atomic mass is 10.2. The van der Waals surface area contributed by atoms with Crippen LogP contribution in [0.3, 0.4) is 0 Å². The summed E-state index contributed by atoms with van der Waals surface area (Å²) >= 11 is 12.2. The van der Waals surface area contributed by atoms with Crippen LogP contribution in [0.15, 0.2) is 24.3 Å². The quantitative estimate of drug-likeness (QED) is 0.526. The van der Waals surface area contributed by atoms with Gasteiger partial charge in [-0.15, -0.1) is 5.10 Å². The van der Waals surface area contributed by atoms with Crippen molar-refractivity contribution in [2.45, 2.75) is 33.2 Å². The van der Waals surface area contributed by atoms with E-state index in [9.17, 15) is 4.79 Å². The lowest BCUT2D eigenvalue weighted by molar-refractivity contribution is -0.131. The van der Waals surface area contributed by atoms with Gasteiger partial charge in [-0.25, -0.2) is 9.50 Å². The first-order valence-corrected chi connectivity index (χ1v) is 10.5. The number of aromatic nitrogens is 4. The Morgan fingerprint density at radius 1 is 1.07 bits per heavy atom. The molecule has 0 aliphatic carbocycles. The van der Waals surface area contributed by atoms with Crippen molar-refractivity contribution in [2.75, 3.05) is 27.2 Å². The van der Waals surface area contributed by atoms with Gasteiger partial charge in [0.15, 0.2) is 5.82 Å². The van der Waals surface area contributed by atoms with Crippen molar-refractivity contribution in [3.63, 3.8) is 0 Å². The molecule has 0 spiro atoms. The van der Waals surface area contributed by atoms with E-state index in [0.29, 0.717) is 34.7 Å². The smallest absolute Gasteiger partial charge is 0.252 e. The van der Waals surface area contributed by atoms with Gasteiger partial charge >= 0.3 is 0 Å². The van der Waals surface area contributed by atoms with E-state index in [0.717, 1.165) is 29.9 Å². The van der Waals surface area contributed by atoms with Crippen LogP contribution < -0.4 is 0 Å². The van der Waals surface area contributed by atoms with Crippen LogP contribution in [0, 0.1) is 13.8 Å². The lowest BCUT2D eigenvalue weighted by Crippen LogP contribution is -2.34. The summed E-state index contributed by atoms with van der Waals surface area (Å²) in [5.74, 6) is 0.942. The van der Waals surface area contributed by atoms with Gasteiger partial charge in [-0.05, 0) is 64.7 Å². The van der Waals surface area contributed by atoms with E-state index in [-0.39, 0.29) is 12.3 Å². The van der Waals surface area contributed by atoms with Crippen LogP contribution in [0.1, 0.15) is 29.2 Å². The van der Waals surface area contributed by atoms with Gasteiger partial charge in [-0.3, -0.25) is 4.79 Å². The van der Waals surface area contributed by atoms with Crippen molar-refractivity contribution < 1.29 is 4.79 Å². The summed E-state index contributed by atoms with van der Waals surface area (Å²) in [5, 5.41) is 5.44. The van der Waals surface area contributed by atoms with Crippen LogP contribution in [0.2, 0.25) is 10.0 Å². The number of hydrogen-bond acceptors (Lipinski definition) is 5. The lowest BCUT2D eigenvalue weighted by Gasteiger charge is -2.23. The number of fused-ring (bicyclic) bond motifs is 1. The highest BCUT2D eigenvalue weighted by Crippen LogP contribution is 2.23.